The molecule has 0 aliphatic carbocycles. The van der Waals surface area contributed by atoms with Gasteiger partial charge in [-0.2, -0.15) is 0 Å². The Balaban J connectivity index is 2.20. The van der Waals surface area contributed by atoms with Crippen molar-refractivity contribution in [2.24, 2.45) is 0 Å². The maximum absolute atomic E-state index is 12.2. The van der Waals surface area contributed by atoms with Crippen LogP contribution in [0.15, 0.2) is 39.6 Å². The van der Waals surface area contributed by atoms with E-state index < -0.39 is 0 Å². The van der Waals surface area contributed by atoms with Crippen LogP contribution in [-0.4, -0.2) is 12.5 Å². The molecule has 0 aliphatic rings. The number of hydrogen-bond acceptors (Lipinski definition) is 3. The highest BCUT2D eigenvalue weighted by Crippen LogP contribution is 2.27. The fourth-order valence-electron chi connectivity index (χ4n) is 1.71. The lowest BCUT2D eigenvalue weighted by Crippen LogP contribution is -2.13. The van der Waals surface area contributed by atoms with Crippen LogP contribution in [-0.2, 0) is 0 Å². The molecule has 2 rings (SSSR count). The van der Waals surface area contributed by atoms with Gasteiger partial charge in [-0.05, 0) is 53.0 Å². The highest BCUT2D eigenvalue weighted by Gasteiger charge is 2.15. The van der Waals surface area contributed by atoms with Crippen LogP contribution < -0.4 is 10.1 Å². The number of carbonyl (C=O) groups excluding carboxylic acids is 1. The smallest absolute Gasteiger partial charge is 0.260 e. The van der Waals surface area contributed by atoms with Crippen molar-refractivity contribution in [3.8, 4) is 5.75 Å². The summed E-state index contributed by atoms with van der Waals surface area (Å²) in [5.74, 6) is 0.440. The van der Waals surface area contributed by atoms with Crippen molar-refractivity contribution in [1.82, 2.24) is 0 Å². The van der Waals surface area contributed by atoms with Gasteiger partial charge in [0.25, 0.3) is 5.91 Å². The van der Waals surface area contributed by atoms with Crippen LogP contribution in [0.5, 0.6) is 5.75 Å². The first-order valence-corrected chi connectivity index (χ1v) is 7.19. The first kappa shape index (κ1) is 14.7. The second-order valence-corrected chi connectivity index (χ2v) is 5.13. The van der Waals surface area contributed by atoms with Gasteiger partial charge in [-0.3, -0.25) is 4.79 Å². The first-order valence-electron chi connectivity index (χ1n) is 6.39. The van der Waals surface area contributed by atoms with Crippen molar-refractivity contribution >= 4 is 27.5 Å². The van der Waals surface area contributed by atoms with Gasteiger partial charge >= 0.3 is 0 Å². The lowest BCUT2D eigenvalue weighted by molar-refractivity contribution is 0.102. The van der Waals surface area contributed by atoms with E-state index in [1.165, 1.54) is 6.26 Å². The molecule has 1 heterocycles. The standard InChI is InChI=1S/C15H16BrNO3/c1-3-7-19-13-9-10(2)4-5-12(13)17-15(18)11-6-8-20-14(11)16/h4-6,8-9H,3,7H2,1-2H3,(H,17,18). The third-order valence-corrected chi connectivity index (χ3v) is 3.32. The summed E-state index contributed by atoms with van der Waals surface area (Å²) >= 11 is 3.19. The minimum Gasteiger partial charge on any atom is -0.491 e. The lowest BCUT2D eigenvalue weighted by Gasteiger charge is -2.12. The van der Waals surface area contributed by atoms with Crippen molar-refractivity contribution in [2.45, 2.75) is 20.3 Å². The molecule has 0 aliphatic heterocycles. The minimum atomic E-state index is -0.240. The maximum atomic E-state index is 12.2. The Hall–Kier alpha value is -1.75. The summed E-state index contributed by atoms with van der Waals surface area (Å²) in [7, 11) is 0. The minimum absolute atomic E-state index is 0.240. The Bertz CT molecular complexity index is 607. The molecule has 2 aromatic rings. The molecule has 0 saturated carbocycles. The van der Waals surface area contributed by atoms with Gasteiger partial charge in [0.15, 0.2) is 4.67 Å². The van der Waals surface area contributed by atoms with Gasteiger partial charge in [0, 0.05) is 0 Å². The number of hydrogen-bond donors (Lipinski definition) is 1. The number of halogens is 1. The highest BCUT2D eigenvalue weighted by molar-refractivity contribution is 9.10. The summed E-state index contributed by atoms with van der Waals surface area (Å²) in [5, 5.41) is 2.84. The molecule has 4 nitrogen and oxygen atoms in total. The molecule has 1 aromatic carbocycles. The maximum Gasteiger partial charge on any atom is 0.260 e. The molecular formula is C15H16BrNO3. The predicted octanol–water partition coefficient (Wildman–Crippen LogP) is 4.39. The quantitative estimate of drug-likeness (QED) is 0.880. The van der Waals surface area contributed by atoms with Crippen molar-refractivity contribution in [2.75, 3.05) is 11.9 Å². The number of ether oxygens (including phenoxy) is 1. The Kier molecular flexibility index (Phi) is 4.84. The largest absolute Gasteiger partial charge is 0.491 e. The van der Waals surface area contributed by atoms with Gasteiger partial charge < -0.3 is 14.5 Å². The van der Waals surface area contributed by atoms with E-state index in [-0.39, 0.29) is 5.91 Å². The molecule has 0 spiro atoms. The Labute approximate surface area is 126 Å². The van der Waals surface area contributed by atoms with Crippen LogP contribution in [0.1, 0.15) is 29.3 Å². The summed E-state index contributed by atoms with van der Waals surface area (Å²) in [6.07, 6.45) is 2.37. The molecule has 0 atom stereocenters. The van der Waals surface area contributed by atoms with Crippen LogP contribution in [0, 0.1) is 6.92 Å². The zero-order valence-electron chi connectivity index (χ0n) is 11.4. The molecule has 1 N–H and O–H groups in total. The second kappa shape index (κ2) is 6.61. The molecule has 5 heteroatoms. The number of carbonyl (C=O) groups is 1. The van der Waals surface area contributed by atoms with Crippen molar-refractivity contribution in [3.05, 3.63) is 46.3 Å². The Morgan fingerprint density at radius 2 is 2.20 bits per heavy atom. The molecule has 0 saturated heterocycles. The monoisotopic (exact) mass is 337 g/mol. The van der Waals surface area contributed by atoms with Crippen LogP contribution in [0.4, 0.5) is 5.69 Å². The van der Waals surface area contributed by atoms with E-state index in [0.29, 0.717) is 28.3 Å². The fourth-order valence-corrected chi connectivity index (χ4v) is 2.13. The molecule has 0 bridgehead atoms. The third kappa shape index (κ3) is 3.42. The van der Waals surface area contributed by atoms with Crippen LogP contribution >= 0.6 is 15.9 Å². The molecule has 1 aromatic heterocycles. The number of anilines is 1. The summed E-state index contributed by atoms with van der Waals surface area (Å²) in [4.78, 5) is 12.2. The number of amides is 1. The van der Waals surface area contributed by atoms with Gasteiger partial charge in [-0.15, -0.1) is 0 Å². The van der Waals surface area contributed by atoms with Gasteiger partial charge in [0.05, 0.1) is 24.1 Å². The zero-order chi connectivity index (χ0) is 14.5. The molecule has 0 unspecified atom stereocenters. The average Bonchev–Trinajstić information content (AvgIpc) is 2.85. The summed E-state index contributed by atoms with van der Waals surface area (Å²) < 4.78 is 11.1. The summed E-state index contributed by atoms with van der Waals surface area (Å²) in [6.45, 7) is 4.63. The summed E-state index contributed by atoms with van der Waals surface area (Å²) in [6, 6.07) is 7.29. The van der Waals surface area contributed by atoms with Gasteiger partial charge in [0.1, 0.15) is 5.75 Å². The van der Waals surface area contributed by atoms with Crippen LogP contribution in [0.3, 0.4) is 0 Å². The van der Waals surface area contributed by atoms with Crippen molar-refractivity contribution in [3.63, 3.8) is 0 Å². The highest BCUT2D eigenvalue weighted by atomic mass is 79.9. The number of rotatable bonds is 5. The van der Waals surface area contributed by atoms with E-state index in [1.54, 1.807) is 6.07 Å². The number of benzene rings is 1. The molecule has 1 amide bonds. The third-order valence-electron chi connectivity index (χ3n) is 2.71. The van der Waals surface area contributed by atoms with Gasteiger partial charge in [-0.25, -0.2) is 0 Å². The van der Waals surface area contributed by atoms with Crippen molar-refractivity contribution in [1.29, 1.82) is 0 Å². The molecular weight excluding hydrogens is 322 g/mol. The lowest BCUT2D eigenvalue weighted by atomic mass is 10.2. The summed E-state index contributed by atoms with van der Waals surface area (Å²) in [5.41, 5.74) is 2.19. The van der Waals surface area contributed by atoms with Gasteiger partial charge in [0.2, 0.25) is 0 Å². The zero-order valence-corrected chi connectivity index (χ0v) is 13.0. The predicted molar refractivity (Wildman–Crippen MR) is 81.3 cm³/mol. The number of nitrogens with one attached hydrogen (secondary N) is 1. The molecule has 0 radical (unpaired) electrons. The van der Waals surface area contributed by atoms with Crippen molar-refractivity contribution < 1.29 is 13.9 Å². The SMILES string of the molecule is CCCOc1cc(C)ccc1NC(=O)c1ccoc1Br. The molecule has 20 heavy (non-hydrogen) atoms. The van der Waals surface area contributed by atoms with Crippen LogP contribution in [0.2, 0.25) is 0 Å². The molecule has 106 valence electrons. The number of aryl methyl sites for hydroxylation is 1. The fraction of sp³-hybridized carbons (Fsp3) is 0.267. The van der Waals surface area contributed by atoms with E-state index in [1.807, 2.05) is 32.0 Å². The Morgan fingerprint density at radius 1 is 1.40 bits per heavy atom. The van der Waals surface area contributed by atoms with E-state index in [0.717, 1.165) is 12.0 Å². The number of furan rings is 1. The van der Waals surface area contributed by atoms with E-state index in [9.17, 15) is 4.79 Å². The second-order valence-electron chi connectivity index (χ2n) is 4.41. The average molecular weight is 338 g/mol. The molecule has 0 fully saturated rings. The van der Waals surface area contributed by atoms with Gasteiger partial charge in [-0.1, -0.05) is 13.0 Å². The first-order chi connectivity index (χ1) is 9.61. The van der Waals surface area contributed by atoms with E-state index in [4.69, 9.17) is 9.15 Å². The van der Waals surface area contributed by atoms with E-state index in [2.05, 4.69) is 21.2 Å². The topological polar surface area (TPSA) is 51.5 Å². The normalized spacial score (nSPS) is 10.3. The van der Waals surface area contributed by atoms with E-state index >= 15 is 0 Å². The van der Waals surface area contributed by atoms with Crippen LogP contribution in [0.25, 0.3) is 0 Å². The Morgan fingerprint density at radius 3 is 2.85 bits per heavy atom.